The molecule has 184 valence electrons. The first-order valence-corrected chi connectivity index (χ1v) is 10.7. The van der Waals surface area contributed by atoms with Crippen LogP contribution >= 0.6 is 0 Å². The van der Waals surface area contributed by atoms with Gasteiger partial charge in [-0.25, -0.2) is 0 Å². The first kappa shape index (κ1) is 36.1. The molecule has 0 saturated carbocycles. The Balaban J connectivity index is -0.000000174. The van der Waals surface area contributed by atoms with E-state index in [2.05, 4.69) is 16.0 Å². The van der Waals surface area contributed by atoms with Gasteiger partial charge in [0.05, 0.1) is 0 Å². The molecule has 0 aliphatic carbocycles. The van der Waals surface area contributed by atoms with Crippen molar-refractivity contribution in [2.45, 2.75) is 82.1 Å². The fraction of sp³-hybridized carbons (Fsp3) is 0.783. The van der Waals surface area contributed by atoms with E-state index in [1.54, 1.807) is 0 Å². The van der Waals surface area contributed by atoms with Crippen LogP contribution in [0.5, 0.6) is 0 Å². The Hall–Kier alpha value is -2.25. The highest BCUT2D eigenvalue weighted by Crippen LogP contribution is 1.91. The number of nitrogens with one attached hydrogen (secondary N) is 3. The van der Waals surface area contributed by atoms with E-state index < -0.39 is 0 Å². The standard InChI is InChI=1S/C8H15NO2.C7H13NO2.C7H15NO.CH4/c1-6(2)8(11)9-5-4-7(3)10;1-6(2)7(10)8-4-3-5-9;1-4-5-8-7(9)6(2)3;/h6H,4-5H2,1-3H3,(H,9,11);5-6H,3-4H2,1-2H3,(H,8,10);6H,4-5H2,1-3H3,(H,8,9);1H4. The number of rotatable bonds is 11. The Labute approximate surface area is 189 Å². The van der Waals surface area contributed by atoms with Gasteiger partial charge in [0.1, 0.15) is 12.1 Å². The zero-order chi connectivity index (χ0) is 24.1. The van der Waals surface area contributed by atoms with E-state index >= 15 is 0 Å². The molecule has 0 unspecified atom stereocenters. The highest BCUT2D eigenvalue weighted by atomic mass is 16.2. The predicted molar refractivity (Wildman–Crippen MR) is 127 cm³/mol. The number of Topliss-reactive ketones (excluding diaryl/α,β-unsaturated/α-hetero) is 1. The van der Waals surface area contributed by atoms with Crippen LogP contribution < -0.4 is 16.0 Å². The summed E-state index contributed by atoms with van der Waals surface area (Å²) in [7, 11) is 0. The molecule has 8 nitrogen and oxygen atoms in total. The number of aldehydes is 1. The number of hydrogen-bond acceptors (Lipinski definition) is 5. The Kier molecular flexibility index (Phi) is 28.0. The Bertz CT molecular complexity index is 503. The lowest BCUT2D eigenvalue weighted by Gasteiger charge is -2.05. The van der Waals surface area contributed by atoms with Crippen LogP contribution in [0.2, 0.25) is 0 Å². The fourth-order valence-electron chi connectivity index (χ4n) is 1.48. The predicted octanol–water partition coefficient (Wildman–Crippen LogP) is 2.89. The van der Waals surface area contributed by atoms with Crippen LogP contribution in [0, 0.1) is 17.8 Å². The average molecular weight is 446 g/mol. The summed E-state index contributed by atoms with van der Waals surface area (Å²) < 4.78 is 0. The second-order valence-electron chi connectivity index (χ2n) is 7.74. The maximum absolute atomic E-state index is 10.9. The van der Waals surface area contributed by atoms with Gasteiger partial charge in [-0.2, -0.15) is 0 Å². The van der Waals surface area contributed by atoms with Gasteiger partial charge in [0.15, 0.2) is 0 Å². The second kappa shape index (κ2) is 24.0. The van der Waals surface area contributed by atoms with E-state index in [0.717, 1.165) is 19.3 Å². The normalized spacial score (nSPS) is 9.39. The molecular formula is C23H47N3O5. The molecule has 8 heteroatoms. The summed E-state index contributed by atoms with van der Waals surface area (Å²) in [6, 6.07) is 0. The molecule has 0 spiro atoms. The number of ketones is 1. The number of amides is 3. The fourth-order valence-corrected chi connectivity index (χ4v) is 1.48. The highest BCUT2D eigenvalue weighted by Gasteiger charge is 2.05. The topological polar surface area (TPSA) is 121 Å². The minimum atomic E-state index is 0. The summed E-state index contributed by atoms with van der Waals surface area (Å²) in [4.78, 5) is 52.7. The van der Waals surface area contributed by atoms with Gasteiger partial charge in [0.2, 0.25) is 17.7 Å². The van der Waals surface area contributed by atoms with Gasteiger partial charge in [-0.1, -0.05) is 55.9 Å². The summed E-state index contributed by atoms with van der Waals surface area (Å²) >= 11 is 0. The molecule has 0 saturated heterocycles. The van der Waals surface area contributed by atoms with Crippen molar-refractivity contribution in [3.8, 4) is 0 Å². The van der Waals surface area contributed by atoms with E-state index in [4.69, 9.17) is 0 Å². The largest absolute Gasteiger partial charge is 0.356 e. The lowest BCUT2D eigenvalue weighted by molar-refractivity contribution is -0.125. The first-order chi connectivity index (χ1) is 13.9. The number of carbonyl (C=O) groups excluding carboxylic acids is 5. The van der Waals surface area contributed by atoms with Gasteiger partial charge in [0.25, 0.3) is 0 Å². The molecule has 3 N–H and O–H groups in total. The quantitative estimate of drug-likeness (QED) is 0.333. The number of hydrogen-bond donors (Lipinski definition) is 3. The van der Waals surface area contributed by atoms with E-state index in [9.17, 15) is 24.0 Å². The lowest BCUT2D eigenvalue weighted by Crippen LogP contribution is -2.29. The summed E-state index contributed by atoms with van der Waals surface area (Å²) in [5, 5.41) is 8.06. The Morgan fingerprint density at radius 1 is 0.710 bits per heavy atom. The molecule has 0 aromatic carbocycles. The van der Waals surface area contributed by atoms with Crippen molar-refractivity contribution in [2.24, 2.45) is 17.8 Å². The van der Waals surface area contributed by atoms with Crippen molar-refractivity contribution in [3.05, 3.63) is 0 Å². The van der Waals surface area contributed by atoms with Crippen LogP contribution in [-0.2, 0) is 24.0 Å². The molecular weight excluding hydrogens is 398 g/mol. The first-order valence-electron chi connectivity index (χ1n) is 10.7. The van der Waals surface area contributed by atoms with Gasteiger partial charge in [0, 0.05) is 50.2 Å². The lowest BCUT2D eigenvalue weighted by atomic mass is 10.2. The Morgan fingerprint density at radius 3 is 1.35 bits per heavy atom. The summed E-state index contributed by atoms with van der Waals surface area (Å²) in [5.74, 6) is 0.393. The van der Waals surface area contributed by atoms with Gasteiger partial charge in [-0.05, 0) is 13.3 Å². The van der Waals surface area contributed by atoms with Crippen molar-refractivity contribution in [1.82, 2.24) is 16.0 Å². The molecule has 0 rings (SSSR count). The maximum Gasteiger partial charge on any atom is 0.222 e. The minimum absolute atomic E-state index is 0. The van der Waals surface area contributed by atoms with Crippen LogP contribution in [0.15, 0.2) is 0 Å². The third kappa shape index (κ3) is 30.0. The smallest absolute Gasteiger partial charge is 0.222 e. The zero-order valence-electron chi connectivity index (χ0n) is 20.1. The molecule has 0 radical (unpaired) electrons. The molecule has 0 heterocycles. The Morgan fingerprint density at radius 2 is 1.06 bits per heavy atom. The van der Waals surface area contributed by atoms with Crippen molar-refractivity contribution in [2.75, 3.05) is 19.6 Å². The van der Waals surface area contributed by atoms with E-state index in [1.807, 2.05) is 48.5 Å². The van der Waals surface area contributed by atoms with Crippen molar-refractivity contribution < 1.29 is 24.0 Å². The van der Waals surface area contributed by atoms with Crippen molar-refractivity contribution >= 4 is 29.8 Å². The molecule has 0 aliphatic heterocycles. The summed E-state index contributed by atoms with van der Waals surface area (Å²) in [6.07, 6.45) is 2.63. The third-order valence-electron chi connectivity index (χ3n) is 3.46. The SMILES string of the molecule is C.CC(=O)CCNC(=O)C(C)C.CC(C)C(=O)NCCC=O.CCCNC(=O)C(C)C. The van der Waals surface area contributed by atoms with Crippen LogP contribution in [0.1, 0.15) is 82.1 Å². The molecule has 0 aromatic heterocycles. The number of carbonyl (C=O) groups is 5. The molecule has 31 heavy (non-hydrogen) atoms. The van der Waals surface area contributed by atoms with Crippen molar-refractivity contribution in [1.29, 1.82) is 0 Å². The average Bonchev–Trinajstić information content (AvgIpc) is 2.66. The van der Waals surface area contributed by atoms with Gasteiger partial charge < -0.3 is 20.7 Å². The van der Waals surface area contributed by atoms with E-state index in [-0.39, 0.29) is 48.7 Å². The molecule has 0 aliphatic rings. The van der Waals surface area contributed by atoms with E-state index in [1.165, 1.54) is 6.92 Å². The molecule has 3 amide bonds. The molecule has 0 aromatic rings. The van der Waals surface area contributed by atoms with Gasteiger partial charge in [-0.15, -0.1) is 0 Å². The monoisotopic (exact) mass is 445 g/mol. The molecule has 0 atom stereocenters. The van der Waals surface area contributed by atoms with Gasteiger partial charge >= 0.3 is 0 Å². The van der Waals surface area contributed by atoms with Crippen LogP contribution in [0.4, 0.5) is 0 Å². The van der Waals surface area contributed by atoms with Crippen LogP contribution in [0.25, 0.3) is 0 Å². The summed E-state index contributed by atoms with van der Waals surface area (Å²) in [5.41, 5.74) is 0. The third-order valence-corrected chi connectivity index (χ3v) is 3.46. The van der Waals surface area contributed by atoms with Crippen LogP contribution in [0.3, 0.4) is 0 Å². The van der Waals surface area contributed by atoms with Crippen LogP contribution in [-0.4, -0.2) is 49.4 Å². The zero-order valence-corrected chi connectivity index (χ0v) is 20.1. The maximum atomic E-state index is 10.9. The summed E-state index contributed by atoms with van der Waals surface area (Å²) in [6.45, 7) is 16.3. The second-order valence-corrected chi connectivity index (χ2v) is 7.74. The molecule has 0 fully saturated rings. The minimum Gasteiger partial charge on any atom is -0.356 e. The van der Waals surface area contributed by atoms with E-state index in [0.29, 0.717) is 25.9 Å². The highest BCUT2D eigenvalue weighted by molar-refractivity contribution is 5.80. The van der Waals surface area contributed by atoms with Crippen molar-refractivity contribution in [3.63, 3.8) is 0 Å². The molecule has 0 bridgehead atoms. The van der Waals surface area contributed by atoms with Gasteiger partial charge in [-0.3, -0.25) is 19.2 Å².